The Morgan fingerprint density at radius 3 is 2.32 bits per heavy atom. The van der Waals surface area contributed by atoms with E-state index in [9.17, 15) is 22.8 Å². The van der Waals surface area contributed by atoms with E-state index in [4.69, 9.17) is 5.73 Å². The molecule has 0 saturated carbocycles. The number of ether oxygens (including phenoxy) is 1. The zero-order chi connectivity index (χ0) is 14.9. The Morgan fingerprint density at radius 1 is 1.21 bits per heavy atom. The van der Waals surface area contributed by atoms with Gasteiger partial charge in [0.2, 0.25) is 5.91 Å². The molecule has 0 aliphatic rings. The highest BCUT2D eigenvalue weighted by Crippen LogP contribution is 2.17. The molecule has 0 aromatic rings. The lowest BCUT2D eigenvalue weighted by Crippen LogP contribution is -2.40. The molecule has 0 aliphatic carbocycles. The first kappa shape index (κ1) is 17.7. The van der Waals surface area contributed by atoms with Crippen molar-refractivity contribution in [2.45, 2.75) is 31.9 Å². The van der Waals surface area contributed by atoms with E-state index in [1.807, 2.05) is 0 Å². The van der Waals surface area contributed by atoms with Gasteiger partial charge < -0.3 is 15.4 Å². The van der Waals surface area contributed by atoms with Gasteiger partial charge in [-0.05, 0) is 19.4 Å². The molecular weight excluding hydrogens is 265 g/mol. The number of carbonyl (C=O) groups excluding carboxylic acids is 2. The van der Waals surface area contributed by atoms with E-state index in [0.29, 0.717) is 24.3 Å². The summed E-state index contributed by atoms with van der Waals surface area (Å²) >= 11 is 0. The van der Waals surface area contributed by atoms with Gasteiger partial charge in [0.25, 0.3) is 0 Å². The van der Waals surface area contributed by atoms with E-state index >= 15 is 0 Å². The van der Waals surface area contributed by atoms with Crippen molar-refractivity contribution in [3.05, 3.63) is 0 Å². The van der Waals surface area contributed by atoms with Crippen LogP contribution in [-0.4, -0.2) is 49.7 Å². The second-order valence-electron chi connectivity index (χ2n) is 4.00. The van der Waals surface area contributed by atoms with Crippen LogP contribution in [0.1, 0.15) is 25.7 Å². The number of carbonyl (C=O) groups is 2. The number of nitrogens with two attached hydrogens (primary N) is 1. The van der Waals surface area contributed by atoms with Crippen LogP contribution in [0.25, 0.3) is 0 Å². The second-order valence-corrected chi connectivity index (χ2v) is 4.00. The molecule has 19 heavy (non-hydrogen) atoms. The first-order chi connectivity index (χ1) is 8.80. The molecule has 0 aromatic heterocycles. The van der Waals surface area contributed by atoms with Gasteiger partial charge in [0.05, 0.1) is 13.5 Å². The Balaban J connectivity index is 4.39. The van der Waals surface area contributed by atoms with Gasteiger partial charge in [-0.3, -0.25) is 9.59 Å². The molecule has 0 aliphatic heterocycles. The maximum absolute atomic E-state index is 12.3. The molecule has 5 nitrogen and oxygen atoms in total. The summed E-state index contributed by atoms with van der Waals surface area (Å²) in [4.78, 5) is 23.2. The molecule has 0 fully saturated rings. The molecule has 0 radical (unpaired) electrons. The molecule has 0 heterocycles. The Morgan fingerprint density at radius 2 is 1.84 bits per heavy atom. The van der Waals surface area contributed by atoms with Crippen LogP contribution < -0.4 is 5.73 Å². The zero-order valence-electron chi connectivity index (χ0n) is 10.8. The van der Waals surface area contributed by atoms with Crippen LogP contribution in [0.2, 0.25) is 0 Å². The summed E-state index contributed by atoms with van der Waals surface area (Å²) in [5.74, 6) is -1.28. The summed E-state index contributed by atoms with van der Waals surface area (Å²) < 4.78 is 41.3. The number of methoxy groups -OCH3 is 1. The van der Waals surface area contributed by atoms with E-state index in [0.717, 1.165) is 7.11 Å². The van der Waals surface area contributed by atoms with Crippen molar-refractivity contribution >= 4 is 11.9 Å². The molecule has 2 N–H and O–H groups in total. The number of halogens is 3. The van der Waals surface area contributed by atoms with Crippen molar-refractivity contribution in [2.75, 3.05) is 26.7 Å². The molecule has 0 spiro atoms. The Bertz CT molecular complexity index is 295. The van der Waals surface area contributed by atoms with Crippen LogP contribution in [0, 0.1) is 0 Å². The quantitative estimate of drug-likeness (QED) is 0.534. The molecule has 0 unspecified atom stereocenters. The third kappa shape index (κ3) is 9.29. The molecule has 112 valence electrons. The number of alkyl halides is 3. The second kappa shape index (κ2) is 8.73. The molecule has 1 amide bonds. The average molecular weight is 284 g/mol. The number of amides is 1. The zero-order valence-corrected chi connectivity index (χ0v) is 10.8. The van der Waals surface area contributed by atoms with Crippen LogP contribution >= 0.6 is 0 Å². The summed E-state index contributed by atoms with van der Waals surface area (Å²) in [6, 6.07) is 0. The number of nitrogens with zero attached hydrogens (tertiary/aromatic N) is 1. The highest BCUT2D eigenvalue weighted by Gasteiger charge is 2.32. The normalized spacial score (nSPS) is 11.2. The summed E-state index contributed by atoms with van der Waals surface area (Å²) in [5.41, 5.74) is 5.24. The van der Waals surface area contributed by atoms with Crippen molar-refractivity contribution in [2.24, 2.45) is 5.73 Å². The fourth-order valence-corrected chi connectivity index (χ4v) is 1.42. The highest BCUT2D eigenvalue weighted by atomic mass is 19.4. The lowest BCUT2D eigenvalue weighted by atomic mass is 10.2. The van der Waals surface area contributed by atoms with Gasteiger partial charge >= 0.3 is 12.1 Å². The molecule has 0 bridgehead atoms. The third-order valence-corrected chi connectivity index (χ3v) is 2.38. The van der Waals surface area contributed by atoms with E-state index in [-0.39, 0.29) is 19.4 Å². The van der Waals surface area contributed by atoms with Gasteiger partial charge in [-0.2, -0.15) is 13.2 Å². The fraction of sp³-hybridized carbons (Fsp3) is 0.818. The minimum absolute atomic E-state index is 0.00550. The van der Waals surface area contributed by atoms with Crippen LogP contribution in [0.4, 0.5) is 13.2 Å². The predicted molar refractivity (Wildman–Crippen MR) is 62.2 cm³/mol. The predicted octanol–water partition coefficient (Wildman–Crippen LogP) is 1.07. The first-order valence-corrected chi connectivity index (χ1v) is 5.91. The van der Waals surface area contributed by atoms with Crippen molar-refractivity contribution in [1.29, 1.82) is 0 Å². The van der Waals surface area contributed by atoms with Crippen LogP contribution in [0.5, 0.6) is 0 Å². The average Bonchev–Trinajstić information content (AvgIpc) is 2.32. The third-order valence-electron chi connectivity index (χ3n) is 2.38. The van der Waals surface area contributed by atoms with Gasteiger partial charge in [0, 0.05) is 13.0 Å². The van der Waals surface area contributed by atoms with Gasteiger partial charge in [0.15, 0.2) is 0 Å². The summed E-state index contributed by atoms with van der Waals surface area (Å²) in [5, 5.41) is 0. The lowest BCUT2D eigenvalue weighted by Gasteiger charge is -2.23. The molecule has 0 aromatic carbocycles. The smallest absolute Gasteiger partial charge is 0.406 e. The summed E-state index contributed by atoms with van der Waals surface area (Å²) in [7, 11) is 1.14. The Hall–Kier alpha value is -1.31. The van der Waals surface area contributed by atoms with Gasteiger partial charge in [-0.25, -0.2) is 0 Å². The maximum Gasteiger partial charge on any atom is 0.406 e. The maximum atomic E-state index is 12.3. The first-order valence-electron chi connectivity index (χ1n) is 5.91. The SMILES string of the molecule is COC(=O)CCN(CC(F)(F)F)C(=O)CCCCN. The lowest BCUT2D eigenvalue weighted by molar-refractivity contribution is -0.162. The fourth-order valence-electron chi connectivity index (χ4n) is 1.42. The van der Waals surface area contributed by atoms with Gasteiger partial charge in [-0.15, -0.1) is 0 Å². The molecule has 0 rings (SSSR count). The molecular formula is C11H19F3N2O3. The van der Waals surface area contributed by atoms with Crippen LogP contribution in [-0.2, 0) is 14.3 Å². The summed E-state index contributed by atoms with van der Waals surface area (Å²) in [6.45, 7) is -1.27. The number of unbranched alkanes of at least 4 members (excludes halogenated alkanes) is 1. The van der Waals surface area contributed by atoms with Crippen LogP contribution in [0.3, 0.4) is 0 Å². The highest BCUT2D eigenvalue weighted by molar-refractivity contribution is 5.77. The standard InChI is InChI=1S/C11H19F3N2O3/c1-19-10(18)5-7-16(8-11(12,13)14)9(17)4-2-3-6-15/h2-8,15H2,1H3. The van der Waals surface area contributed by atoms with E-state index < -0.39 is 24.6 Å². The van der Waals surface area contributed by atoms with Crippen molar-refractivity contribution < 1.29 is 27.5 Å². The number of hydrogen-bond acceptors (Lipinski definition) is 4. The topological polar surface area (TPSA) is 72.6 Å². The van der Waals surface area contributed by atoms with Gasteiger partial charge in [0.1, 0.15) is 6.54 Å². The number of hydrogen-bond donors (Lipinski definition) is 1. The largest absolute Gasteiger partial charge is 0.469 e. The van der Waals surface area contributed by atoms with Crippen molar-refractivity contribution in [3.8, 4) is 0 Å². The van der Waals surface area contributed by atoms with E-state index in [1.165, 1.54) is 0 Å². The molecule has 0 saturated heterocycles. The molecule has 0 atom stereocenters. The van der Waals surface area contributed by atoms with Crippen molar-refractivity contribution in [3.63, 3.8) is 0 Å². The Labute approximate surface area is 109 Å². The minimum Gasteiger partial charge on any atom is -0.469 e. The number of esters is 1. The van der Waals surface area contributed by atoms with Crippen LogP contribution in [0.15, 0.2) is 0 Å². The summed E-state index contributed by atoms with van der Waals surface area (Å²) in [6.07, 6.45) is -3.74. The van der Waals surface area contributed by atoms with E-state index in [1.54, 1.807) is 0 Å². The molecule has 8 heteroatoms. The van der Waals surface area contributed by atoms with E-state index in [2.05, 4.69) is 4.74 Å². The minimum atomic E-state index is -4.49. The number of rotatable bonds is 8. The monoisotopic (exact) mass is 284 g/mol. The Kier molecular flexibility index (Phi) is 8.13. The van der Waals surface area contributed by atoms with Crippen molar-refractivity contribution in [1.82, 2.24) is 4.90 Å². The van der Waals surface area contributed by atoms with Gasteiger partial charge in [-0.1, -0.05) is 0 Å².